The number of urea groups is 1. The lowest BCUT2D eigenvalue weighted by atomic mass is 10.0. The van der Waals surface area contributed by atoms with E-state index < -0.39 is 11.9 Å². The van der Waals surface area contributed by atoms with E-state index in [1.54, 1.807) is 28.0 Å². The first-order valence-electron chi connectivity index (χ1n) is 7.07. The van der Waals surface area contributed by atoms with Crippen molar-refractivity contribution in [2.45, 2.75) is 18.9 Å². The van der Waals surface area contributed by atoms with Crippen LogP contribution in [0.3, 0.4) is 0 Å². The van der Waals surface area contributed by atoms with Crippen LogP contribution in [0.25, 0.3) is 0 Å². The number of anilines is 1. The Labute approximate surface area is 122 Å². The second kappa shape index (κ2) is 5.37. The third-order valence-corrected chi connectivity index (χ3v) is 4.11. The molecule has 2 aliphatic heterocycles. The highest BCUT2D eigenvalue weighted by atomic mass is 16.5. The van der Waals surface area contributed by atoms with Gasteiger partial charge in [0.2, 0.25) is 0 Å². The summed E-state index contributed by atoms with van der Waals surface area (Å²) in [6.45, 7) is 3.71. The largest absolute Gasteiger partial charge is 0.481 e. The van der Waals surface area contributed by atoms with E-state index in [0.29, 0.717) is 31.0 Å². The van der Waals surface area contributed by atoms with Crippen molar-refractivity contribution < 1.29 is 19.4 Å². The summed E-state index contributed by atoms with van der Waals surface area (Å²) in [6.07, 6.45) is 0. The Balaban J connectivity index is 1.89. The number of hydrogen-bond donors (Lipinski definition) is 1. The molecular formula is C15H18N2O4. The minimum Gasteiger partial charge on any atom is -0.481 e. The summed E-state index contributed by atoms with van der Waals surface area (Å²) >= 11 is 0. The van der Waals surface area contributed by atoms with E-state index in [4.69, 9.17) is 4.74 Å². The molecule has 0 spiro atoms. The van der Waals surface area contributed by atoms with E-state index in [0.717, 1.165) is 0 Å². The Morgan fingerprint density at radius 3 is 2.81 bits per heavy atom. The van der Waals surface area contributed by atoms with Crippen LogP contribution in [0.5, 0.6) is 0 Å². The number of nitrogens with zero attached hydrogens (tertiary/aromatic N) is 2. The van der Waals surface area contributed by atoms with Gasteiger partial charge in [0.05, 0.1) is 19.3 Å². The highest BCUT2D eigenvalue weighted by molar-refractivity contribution is 5.98. The minimum absolute atomic E-state index is 0.00212. The van der Waals surface area contributed by atoms with E-state index in [9.17, 15) is 14.7 Å². The van der Waals surface area contributed by atoms with Crippen molar-refractivity contribution in [1.82, 2.24) is 4.90 Å². The SMILES string of the molecule is CC1COCCN1C(=O)N1CC(C(=O)O)c2ccccc21. The van der Waals surface area contributed by atoms with Crippen molar-refractivity contribution >= 4 is 17.7 Å². The van der Waals surface area contributed by atoms with E-state index in [2.05, 4.69) is 0 Å². The maximum absolute atomic E-state index is 12.7. The van der Waals surface area contributed by atoms with Gasteiger partial charge in [0.15, 0.2) is 0 Å². The smallest absolute Gasteiger partial charge is 0.324 e. The van der Waals surface area contributed by atoms with Gasteiger partial charge in [-0.3, -0.25) is 9.69 Å². The molecule has 2 amide bonds. The molecule has 2 heterocycles. The Hall–Kier alpha value is -2.08. The number of fused-ring (bicyclic) bond motifs is 1. The zero-order chi connectivity index (χ0) is 15.0. The molecule has 0 aromatic heterocycles. The van der Waals surface area contributed by atoms with Crippen LogP contribution < -0.4 is 4.90 Å². The number of amides is 2. The molecule has 112 valence electrons. The normalized spacial score (nSPS) is 24.8. The Morgan fingerprint density at radius 1 is 1.33 bits per heavy atom. The van der Waals surface area contributed by atoms with Crippen LogP contribution in [0.4, 0.5) is 10.5 Å². The van der Waals surface area contributed by atoms with Gasteiger partial charge in [-0.05, 0) is 18.6 Å². The van der Waals surface area contributed by atoms with Crippen molar-refractivity contribution in [3.63, 3.8) is 0 Å². The van der Waals surface area contributed by atoms with Gasteiger partial charge in [0.1, 0.15) is 5.92 Å². The molecule has 6 heteroatoms. The average molecular weight is 290 g/mol. The standard InChI is InChI=1S/C15H18N2O4/c1-10-9-21-7-6-16(10)15(20)17-8-12(14(18)19)11-4-2-3-5-13(11)17/h2-5,10,12H,6-9H2,1H3,(H,18,19). The van der Waals surface area contributed by atoms with Gasteiger partial charge in [-0.2, -0.15) is 0 Å². The molecule has 0 saturated carbocycles. The summed E-state index contributed by atoms with van der Waals surface area (Å²) in [6, 6.07) is 7.08. The summed E-state index contributed by atoms with van der Waals surface area (Å²) in [5, 5.41) is 9.35. The number of morpholine rings is 1. The monoisotopic (exact) mass is 290 g/mol. The lowest BCUT2D eigenvalue weighted by molar-refractivity contribution is -0.138. The number of carboxylic acid groups (broad SMARTS) is 1. The number of ether oxygens (including phenoxy) is 1. The fourth-order valence-corrected chi connectivity index (χ4v) is 2.97. The minimum atomic E-state index is -0.896. The summed E-state index contributed by atoms with van der Waals surface area (Å²) in [7, 11) is 0. The molecule has 2 atom stereocenters. The maximum Gasteiger partial charge on any atom is 0.324 e. The second-order valence-electron chi connectivity index (χ2n) is 5.46. The molecule has 3 rings (SSSR count). The number of rotatable bonds is 1. The van der Waals surface area contributed by atoms with Gasteiger partial charge in [0, 0.05) is 18.8 Å². The lowest BCUT2D eigenvalue weighted by Crippen LogP contribution is -2.52. The van der Waals surface area contributed by atoms with Crippen molar-refractivity contribution in [3.8, 4) is 0 Å². The quantitative estimate of drug-likeness (QED) is 0.851. The first kappa shape index (κ1) is 13.9. The zero-order valence-corrected chi connectivity index (χ0v) is 11.9. The predicted molar refractivity (Wildman–Crippen MR) is 76.5 cm³/mol. The van der Waals surface area contributed by atoms with Gasteiger partial charge >= 0.3 is 12.0 Å². The molecule has 6 nitrogen and oxygen atoms in total. The number of para-hydroxylation sites is 1. The van der Waals surface area contributed by atoms with Gasteiger partial charge in [-0.15, -0.1) is 0 Å². The van der Waals surface area contributed by atoms with Crippen LogP contribution in [0.1, 0.15) is 18.4 Å². The molecule has 2 aliphatic rings. The average Bonchev–Trinajstić information content (AvgIpc) is 2.87. The number of carboxylic acids is 1. The van der Waals surface area contributed by atoms with Gasteiger partial charge in [0.25, 0.3) is 0 Å². The Morgan fingerprint density at radius 2 is 2.10 bits per heavy atom. The van der Waals surface area contributed by atoms with E-state index in [-0.39, 0.29) is 18.6 Å². The predicted octanol–water partition coefficient (Wildman–Crippen LogP) is 1.52. The first-order valence-corrected chi connectivity index (χ1v) is 7.07. The maximum atomic E-state index is 12.7. The molecule has 0 bridgehead atoms. The summed E-state index contributed by atoms with van der Waals surface area (Å²) in [4.78, 5) is 27.5. The van der Waals surface area contributed by atoms with Crippen LogP contribution in [0, 0.1) is 0 Å². The third-order valence-electron chi connectivity index (χ3n) is 4.11. The summed E-state index contributed by atoms with van der Waals surface area (Å²) < 4.78 is 5.35. The lowest BCUT2D eigenvalue weighted by Gasteiger charge is -2.36. The highest BCUT2D eigenvalue weighted by Gasteiger charge is 2.39. The molecule has 2 unspecified atom stereocenters. The van der Waals surface area contributed by atoms with Crippen molar-refractivity contribution in [1.29, 1.82) is 0 Å². The van der Waals surface area contributed by atoms with Crippen molar-refractivity contribution in [2.24, 2.45) is 0 Å². The zero-order valence-electron chi connectivity index (χ0n) is 11.9. The topological polar surface area (TPSA) is 70.1 Å². The molecule has 0 radical (unpaired) electrons. The summed E-state index contributed by atoms with van der Waals surface area (Å²) in [5.74, 6) is -1.55. The highest BCUT2D eigenvalue weighted by Crippen LogP contribution is 2.37. The van der Waals surface area contributed by atoms with Crippen LogP contribution in [-0.2, 0) is 9.53 Å². The molecule has 0 aliphatic carbocycles. The van der Waals surface area contributed by atoms with Gasteiger partial charge in [-0.25, -0.2) is 4.79 Å². The number of benzene rings is 1. The van der Waals surface area contributed by atoms with E-state index in [1.165, 1.54) is 0 Å². The number of carbonyl (C=O) groups excluding carboxylic acids is 1. The van der Waals surface area contributed by atoms with Gasteiger partial charge < -0.3 is 14.7 Å². The molecule has 1 N–H and O–H groups in total. The fourth-order valence-electron chi connectivity index (χ4n) is 2.97. The molecule has 21 heavy (non-hydrogen) atoms. The molecule has 1 aromatic carbocycles. The Kier molecular flexibility index (Phi) is 3.55. The van der Waals surface area contributed by atoms with Crippen LogP contribution in [0.15, 0.2) is 24.3 Å². The molecule has 1 fully saturated rings. The Bertz CT molecular complexity index is 575. The third kappa shape index (κ3) is 2.35. The van der Waals surface area contributed by atoms with Crippen LogP contribution in [-0.4, -0.2) is 54.4 Å². The summed E-state index contributed by atoms with van der Waals surface area (Å²) in [5.41, 5.74) is 1.41. The van der Waals surface area contributed by atoms with Crippen LogP contribution in [0.2, 0.25) is 0 Å². The first-order chi connectivity index (χ1) is 10.1. The van der Waals surface area contributed by atoms with Gasteiger partial charge in [-0.1, -0.05) is 18.2 Å². The number of carbonyl (C=O) groups is 2. The van der Waals surface area contributed by atoms with Crippen molar-refractivity contribution in [3.05, 3.63) is 29.8 Å². The fraction of sp³-hybridized carbons (Fsp3) is 0.467. The molecule has 1 aromatic rings. The van der Waals surface area contributed by atoms with E-state index in [1.807, 2.05) is 13.0 Å². The number of aliphatic carboxylic acids is 1. The second-order valence-corrected chi connectivity index (χ2v) is 5.46. The number of hydrogen-bond acceptors (Lipinski definition) is 3. The van der Waals surface area contributed by atoms with E-state index >= 15 is 0 Å². The van der Waals surface area contributed by atoms with Crippen LogP contribution >= 0.6 is 0 Å². The molecule has 1 saturated heterocycles. The molecular weight excluding hydrogens is 272 g/mol. The van der Waals surface area contributed by atoms with Crippen molar-refractivity contribution in [2.75, 3.05) is 31.2 Å².